The van der Waals surface area contributed by atoms with Crippen molar-refractivity contribution < 1.29 is 4.74 Å². The highest BCUT2D eigenvalue weighted by atomic mass is 79.9. The van der Waals surface area contributed by atoms with E-state index in [2.05, 4.69) is 70.6 Å². The van der Waals surface area contributed by atoms with E-state index in [0.717, 1.165) is 17.6 Å². The van der Waals surface area contributed by atoms with Crippen molar-refractivity contribution in [3.63, 3.8) is 0 Å². The molecule has 0 atom stereocenters. The molecule has 0 bridgehead atoms. The molecule has 0 amide bonds. The SMILES string of the molecule is COCc1ccccc1CNCc1ccc(Br)c(C)c1. The van der Waals surface area contributed by atoms with Gasteiger partial charge in [0.1, 0.15) is 0 Å². The van der Waals surface area contributed by atoms with Crippen LogP contribution >= 0.6 is 15.9 Å². The minimum Gasteiger partial charge on any atom is -0.380 e. The van der Waals surface area contributed by atoms with Crippen molar-refractivity contribution in [2.75, 3.05) is 7.11 Å². The molecule has 0 saturated carbocycles. The Hall–Kier alpha value is -1.16. The number of methoxy groups -OCH3 is 1. The van der Waals surface area contributed by atoms with Crippen LogP contribution in [0, 0.1) is 6.92 Å². The van der Waals surface area contributed by atoms with Crippen LogP contribution in [0.15, 0.2) is 46.9 Å². The predicted octanol–water partition coefficient (Wildman–Crippen LogP) is 4.19. The van der Waals surface area contributed by atoms with Gasteiger partial charge in [0.05, 0.1) is 6.61 Å². The molecular weight excluding hydrogens is 314 g/mol. The number of nitrogens with one attached hydrogen (secondary N) is 1. The number of hydrogen-bond donors (Lipinski definition) is 1. The predicted molar refractivity (Wildman–Crippen MR) is 86.6 cm³/mol. The molecule has 3 heteroatoms. The molecule has 20 heavy (non-hydrogen) atoms. The molecule has 0 saturated heterocycles. The first-order valence-corrected chi connectivity index (χ1v) is 7.51. The fourth-order valence-electron chi connectivity index (χ4n) is 2.18. The summed E-state index contributed by atoms with van der Waals surface area (Å²) in [6.45, 7) is 4.50. The summed E-state index contributed by atoms with van der Waals surface area (Å²) in [4.78, 5) is 0. The molecule has 2 nitrogen and oxygen atoms in total. The first-order valence-electron chi connectivity index (χ1n) is 6.72. The van der Waals surface area contributed by atoms with Gasteiger partial charge >= 0.3 is 0 Å². The number of rotatable bonds is 6. The second-order valence-electron chi connectivity index (χ2n) is 4.89. The maximum atomic E-state index is 5.23. The summed E-state index contributed by atoms with van der Waals surface area (Å²) in [5.41, 5.74) is 5.11. The first kappa shape index (κ1) is 15.2. The standard InChI is InChI=1S/C17H20BrNO/c1-13-9-14(7-8-17(13)18)10-19-11-15-5-3-4-6-16(15)12-20-2/h3-9,19H,10-12H2,1-2H3. The third-order valence-corrected chi connectivity index (χ3v) is 4.17. The van der Waals surface area contributed by atoms with E-state index in [4.69, 9.17) is 4.74 Å². The highest BCUT2D eigenvalue weighted by Crippen LogP contribution is 2.17. The maximum absolute atomic E-state index is 5.23. The molecule has 2 rings (SSSR count). The molecule has 0 heterocycles. The van der Waals surface area contributed by atoms with Gasteiger partial charge in [0.25, 0.3) is 0 Å². The highest BCUT2D eigenvalue weighted by Gasteiger charge is 2.02. The van der Waals surface area contributed by atoms with Gasteiger partial charge in [-0.05, 0) is 35.2 Å². The largest absolute Gasteiger partial charge is 0.380 e. The van der Waals surface area contributed by atoms with Crippen molar-refractivity contribution in [1.82, 2.24) is 5.32 Å². The molecule has 0 unspecified atom stereocenters. The van der Waals surface area contributed by atoms with E-state index >= 15 is 0 Å². The third-order valence-electron chi connectivity index (χ3n) is 3.29. The van der Waals surface area contributed by atoms with Crippen molar-refractivity contribution in [3.8, 4) is 0 Å². The van der Waals surface area contributed by atoms with Gasteiger partial charge in [-0.2, -0.15) is 0 Å². The first-order chi connectivity index (χ1) is 9.70. The smallest absolute Gasteiger partial charge is 0.0716 e. The average Bonchev–Trinajstić information content (AvgIpc) is 2.45. The summed E-state index contributed by atoms with van der Waals surface area (Å²) >= 11 is 3.53. The average molecular weight is 334 g/mol. The molecule has 0 aliphatic heterocycles. The van der Waals surface area contributed by atoms with Crippen LogP contribution in [0.1, 0.15) is 22.3 Å². The molecule has 0 aliphatic rings. The summed E-state index contributed by atoms with van der Waals surface area (Å²) in [6.07, 6.45) is 0. The minimum absolute atomic E-state index is 0.662. The Morgan fingerprint density at radius 1 is 1.05 bits per heavy atom. The topological polar surface area (TPSA) is 21.3 Å². The van der Waals surface area contributed by atoms with Crippen LogP contribution in [-0.4, -0.2) is 7.11 Å². The Morgan fingerprint density at radius 3 is 2.50 bits per heavy atom. The Kier molecular flexibility index (Phi) is 5.77. The number of benzene rings is 2. The molecule has 0 radical (unpaired) electrons. The van der Waals surface area contributed by atoms with Gasteiger partial charge in [-0.25, -0.2) is 0 Å². The normalized spacial score (nSPS) is 10.8. The van der Waals surface area contributed by atoms with Crippen LogP contribution in [0.25, 0.3) is 0 Å². The van der Waals surface area contributed by atoms with Gasteiger partial charge in [0.15, 0.2) is 0 Å². The lowest BCUT2D eigenvalue weighted by atomic mass is 10.1. The van der Waals surface area contributed by atoms with Gasteiger partial charge in [0, 0.05) is 24.7 Å². The van der Waals surface area contributed by atoms with Crippen molar-refractivity contribution >= 4 is 15.9 Å². The van der Waals surface area contributed by atoms with E-state index in [9.17, 15) is 0 Å². The van der Waals surface area contributed by atoms with Gasteiger partial charge in [0.2, 0.25) is 0 Å². The van der Waals surface area contributed by atoms with Crippen molar-refractivity contribution in [2.45, 2.75) is 26.6 Å². The van der Waals surface area contributed by atoms with E-state index < -0.39 is 0 Å². The van der Waals surface area contributed by atoms with E-state index in [1.54, 1.807) is 7.11 Å². The highest BCUT2D eigenvalue weighted by molar-refractivity contribution is 9.10. The van der Waals surface area contributed by atoms with Crippen molar-refractivity contribution in [1.29, 1.82) is 0 Å². The van der Waals surface area contributed by atoms with Crippen molar-refractivity contribution in [3.05, 3.63) is 69.2 Å². The fraction of sp³-hybridized carbons (Fsp3) is 0.294. The molecule has 0 fully saturated rings. The molecule has 2 aromatic rings. The van der Waals surface area contributed by atoms with E-state index in [-0.39, 0.29) is 0 Å². The molecule has 106 valence electrons. The fourth-order valence-corrected chi connectivity index (χ4v) is 2.43. The Labute approximate surface area is 129 Å². The zero-order chi connectivity index (χ0) is 14.4. The van der Waals surface area contributed by atoms with Crippen LogP contribution in [0.5, 0.6) is 0 Å². The lowest BCUT2D eigenvalue weighted by Crippen LogP contribution is -2.14. The van der Waals surface area contributed by atoms with Gasteiger partial charge in [-0.3, -0.25) is 0 Å². The van der Waals surface area contributed by atoms with Crippen LogP contribution in [0.2, 0.25) is 0 Å². The Bertz CT molecular complexity index is 569. The molecule has 2 aromatic carbocycles. The lowest BCUT2D eigenvalue weighted by molar-refractivity contribution is 0.184. The Morgan fingerprint density at radius 2 is 1.80 bits per heavy atom. The van der Waals surface area contributed by atoms with Gasteiger partial charge in [-0.15, -0.1) is 0 Å². The number of hydrogen-bond acceptors (Lipinski definition) is 2. The number of ether oxygens (including phenoxy) is 1. The minimum atomic E-state index is 0.662. The monoisotopic (exact) mass is 333 g/mol. The summed E-state index contributed by atoms with van der Waals surface area (Å²) in [7, 11) is 1.73. The lowest BCUT2D eigenvalue weighted by Gasteiger charge is -2.10. The summed E-state index contributed by atoms with van der Waals surface area (Å²) in [5, 5.41) is 3.49. The summed E-state index contributed by atoms with van der Waals surface area (Å²) < 4.78 is 6.39. The second kappa shape index (κ2) is 7.58. The quantitative estimate of drug-likeness (QED) is 0.855. The number of halogens is 1. The molecule has 0 aromatic heterocycles. The van der Waals surface area contributed by atoms with Crippen LogP contribution < -0.4 is 5.32 Å². The summed E-state index contributed by atoms with van der Waals surface area (Å²) in [5.74, 6) is 0. The van der Waals surface area contributed by atoms with Crippen LogP contribution in [-0.2, 0) is 24.4 Å². The van der Waals surface area contributed by atoms with E-state index in [1.807, 2.05) is 0 Å². The molecule has 0 spiro atoms. The molecule has 0 aliphatic carbocycles. The number of aryl methyl sites for hydroxylation is 1. The molecule has 1 N–H and O–H groups in total. The van der Waals surface area contributed by atoms with Crippen LogP contribution in [0.4, 0.5) is 0 Å². The van der Waals surface area contributed by atoms with Gasteiger partial charge in [-0.1, -0.05) is 52.3 Å². The zero-order valence-electron chi connectivity index (χ0n) is 11.9. The van der Waals surface area contributed by atoms with Gasteiger partial charge < -0.3 is 10.1 Å². The van der Waals surface area contributed by atoms with Crippen molar-refractivity contribution in [2.24, 2.45) is 0 Å². The van der Waals surface area contributed by atoms with E-state index in [0.29, 0.717) is 6.61 Å². The Balaban J connectivity index is 1.94. The maximum Gasteiger partial charge on any atom is 0.0716 e. The second-order valence-corrected chi connectivity index (χ2v) is 5.74. The third kappa shape index (κ3) is 4.17. The molecular formula is C17H20BrNO. The van der Waals surface area contributed by atoms with E-state index in [1.165, 1.54) is 22.3 Å². The summed E-state index contributed by atoms with van der Waals surface area (Å²) in [6, 6.07) is 14.8. The zero-order valence-corrected chi connectivity index (χ0v) is 13.5. The van der Waals surface area contributed by atoms with Crippen LogP contribution in [0.3, 0.4) is 0 Å².